The quantitative estimate of drug-likeness (QED) is 0.818. The summed E-state index contributed by atoms with van der Waals surface area (Å²) in [5.74, 6) is 0.508. The van der Waals surface area contributed by atoms with Crippen molar-refractivity contribution in [2.45, 2.75) is 33.7 Å². The van der Waals surface area contributed by atoms with E-state index in [1.165, 1.54) is 11.1 Å². The Bertz CT molecular complexity index is 653. The average molecular weight is 311 g/mol. The molecule has 0 fully saturated rings. The molecule has 0 atom stereocenters. The second kappa shape index (κ2) is 8.32. The first-order chi connectivity index (χ1) is 11.0. The van der Waals surface area contributed by atoms with Crippen molar-refractivity contribution in [3.63, 3.8) is 0 Å². The normalized spacial score (nSPS) is 10.6. The zero-order valence-corrected chi connectivity index (χ0v) is 14.1. The molecule has 1 aromatic carbocycles. The minimum atomic E-state index is -0.0719. The number of hydrogen-bond donors (Lipinski definition) is 2. The van der Waals surface area contributed by atoms with Gasteiger partial charge < -0.3 is 10.6 Å². The molecular weight excluding hydrogens is 286 g/mol. The van der Waals surface area contributed by atoms with E-state index in [-0.39, 0.29) is 5.91 Å². The lowest BCUT2D eigenvalue weighted by Crippen LogP contribution is -2.25. The summed E-state index contributed by atoms with van der Waals surface area (Å²) >= 11 is 0. The van der Waals surface area contributed by atoms with Crippen molar-refractivity contribution in [2.75, 3.05) is 11.9 Å². The Morgan fingerprint density at radius 3 is 2.78 bits per heavy atom. The highest BCUT2D eigenvalue weighted by Gasteiger charge is 2.07. The number of anilines is 1. The Morgan fingerprint density at radius 2 is 2.04 bits per heavy atom. The Hall–Kier alpha value is -2.36. The summed E-state index contributed by atoms with van der Waals surface area (Å²) in [7, 11) is 0. The van der Waals surface area contributed by atoms with Gasteiger partial charge in [0.05, 0.1) is 11.3 Å². The van der Waals surface area contributed by atoms with Crippen LogP contribution in [0.25, 0.3) is 0 Å². The third-order valence-electron chi connectivity index (χ3n) is 3.59. The van der Waals surface area contributed by atoms with Crippen LogP contribution < -0.4 is 10.6 Å². The molecule has 0 aliphatic heterocycles. The zero-order chi connectivity index (χ0) is 16.7. The van der Waals surface area contributed by atoms with Gasteiger partial charge in [-0.1, -0.05) is 43.7 Å². The molecule has 0 saturated heterocycles. The fraction of sp³-hybridized carbons (Fsp3) is 0.368. The number of carbonyl (C=O) groups is 1. The first kappa shape index (κ1) is 17.0. The van der Waals surface area contributed by atoms with Gasteiger partial charge in [-0.25, -0.2) is 0 Å². The average Bonchev–Trinajstić information content (AvgIpc) is 2.53. The highest BCUT2D eigenvalue weighted by Crippen LogP contribution is 2.11. The number of carbonyl (C=O) groups excluding carboxylic acids is 1. The molecule has 1 amide bonds. The van der Waals surface area contributed by atoms with E-state index in [2.05, 4.69) is 54.6 Å². The predicted molar refractivity (Wildman–Crippen MR) is 94.5 cm³/mol. The molecule has 122 valence electrons. The van der Waals surface area contributed by atoms with E-state index in [1.54, 1.807) is 12.4 Å². The third kappa shape index (κ3) is 5.74. The molecule has 4 nitrogen and oxygen atoms in total. The molecule has 0 bridgehead atoms. The van der Waals surface area contributed by atoms with Crippen LogP contribution in [0.5, 0.6) is 0 Å². The second-order valence-electron chi connectivity index (χ2n) is 6.24. The summed E-state index contributed by atoms with van der Waals surface area (Å²) in [5.41, 5.74) is 3.88. The summed E-state index contributed by atoms with van der Waals surface area (Å²) in [6.45, 7) is 7.76. The van der Waals surface area contributed by atoms with Crippen molar-refractivity contribution < 1.29 is 4.79 Å². The van der Waals surface area contributed by atoms with E-state index in [0.717, 1.165) is 12.1 Å². The maximum atomic E-state index is 12.1. The van der Waals surface area contributed by atoms with Crippen LogP contribution in [0, 0.1) is 12.8 Å². The number of nitrogens with zero attached hydrogens (tertiary/aromatic N) is 1. The highest BCUT2D eigenvalue weighted by molar-refractivity contribution is 5.94. The number of rotatable bonds is 7. The third-order valence-corrected chi connectivity index (χ3v) is 3.59. The first-order valence-electron chi connectivity index (χ1n) is 8.07. The van der Waals surface area contributed by atoms with Crippen molar-refractivity contribution in [3.05, 3.63) is 59.4 Å². The summed E-state index contributed by atoms with van der Waals surface area (Å²) < 4.78 is 0. The molecule has 0 unspecified atom stereocenters. The molecular formula is C19H25N3O. The smallest absolute Gasteiger partial charge is 0.252 e. The Balaban J connectivity index is 1.92. The van der Waals surface area contributed by atoms with Gasteiger partial charge in [-0.3, -0.25) is 9.78 Å². The molecule has 4 heteroatoms. The fourth-order valence-corrected chi connectivity index (χ4v) is 2.26. The van der Waals surface area contributed by atoms with Crippen LogP contribution in [-0.4, -0.2) is 17.4 Å². The van der Waals surface area contributed by atoms with E-state index in [0.29, 0.717) is 24.6 Å². The molecule has 0 spiro atoms. The standard InChI is InChI=1S/C19H25N3O/c1-14(2)7-8-21-19(23)17-10-18(13-20-12-17)22-11-16-6-4-5-15(3)9-16/h4-6,9-10,12-14,22H,7-8,11H2,1-3H3,(H,21,23). The van der Waals surface area contributed by atoms with Crippen LogP contribution in [0.2, 0.25) is 0 Å². The number of nitrogens with one attached hydrogen (secondary N) is 2. The molecule has 0 aliphatic rings. The van der Waals surface area contributed by atoms with Crippen LogP contribution in [0.4, 0.5) is 5.69 Å². The molecule has 1 aromatic heterocycles. The fourth-order valence-electron chi connectivity index (χ4n) is 2.26. The zero-order valence-electron chi connectivity index (χ0n) is 14.1. The van der Waals surface area contributed by atoms with Gasteiger partial charge in [0.2, 0.25) is 0 Å². The van der Waals surface area contributed by atoms with Gasteiger partial charge in [-0.05, 0) is 30.9 Å². The van der Waals surface area contributed by atoms with Gasteiger partial charge in [0.25, 0.3) is 5.91 Å². The van der Waals surface area contributed by atoms with Crippen molar-refractivity contribution in [3.8, 4) is 0 Å². The molecule has 2 rings (SSSR count). The van der Waals surface area contributed by atoms with Gasteiger partial charge in [0.1, 0.15) is 0 Å². The topological polar surface area (TPSA) is 54.0 Å². The van der Waals surface area contributed by atoms with Crippen molar-refractivity contribution in [2.24, 2.45) is 5.92 Å². The van der Waals surface area contributed by atoms with Crippen molar-refractivity contribution in [1.29, 1.82) is 0 Å². The highest BCUT2D eigenvalue weighted by atomic mass is 16.1. The molecule has 2 N–H and O–H groups in total. The molecule has 0 aliphatic carbocycles. The largest absolute Gasteiger partial charge is 0.380 e. The summed E-state index contributed by atoms with van der Waals surface area (Å²) in [5, 5.41) is 6.25. The van der Waals surface area contributed by atoms with Crippen molar-refractivity contribution >= 4 is 11.6 Å². The van der Waals surface area contributed by atoms with E-state index in [4.69, 9.17) is 0 Å². The lowest BCUT2D eigenvalue weighted by Gasteiger charge is -2.10. The monoisotopic (exact) mass is 311 g/mol. The minimum absolute atomic E-state index is 0.0719. The Kier molecular flexibility index (Phi) is 6.15. The van der Waals surface area contributed by atoms with E-state index < -0.39 is 0 Å². The van der Waals surface area contributed by atoms with Gasteiger partial charge in [-0.2, -0.15) is 0 Å². The van der Waals surface area contributed by atoms with Crippen molar-refractivity contribution in [1.82, 2.24) is 10.3 Å². The number of benzene rings is 1. The summed E-state index contributed by atoms with van der Waals surface area (Å²) in [4.78, 5) is 16.3. The van der Waals surface area contributed by atoms with Gasteiger partial charge >= 0.3 is 0 Å². The number of pyridine rings is 1. The number of aryl methyl sites for hydroxylation is 1. The molecule has 1 heterocycles. The van der Waals surface area contributed by atoms with E-state index in [1.807, 2.05) is 12.1 Å². The maximum absolute atomic E-state index is 12.1. The van der Waals surface area contributed by atoms with Gasteiger partial charge in [0, 0.05) is 25.5 Å². The maximum Gasteiger partial charge on any atom is 0.252 e. The predicted octanol–water partition coefficient (Wildman–Crippen LogP) is 3.78. The summed E-state index contributed by atoms with van der Waals surface area (Å²) in [6, 6.07) is 10.2. The van der Waals surface area contributed by atoms with Crippen LogP contribution in [0.1, 0.15) is 41.8 Å². The van der Waals surface area contributed by atoms with Crippen LogP contribution in [0.3, 0.4) is 0 Å². The van der Waals surface area contributed by atoms with Crippen LogP contribution in [0.15, 0.2) is 42.7 Å². The SMILES string of the molecule is Cc1cccc(CNc2cncc(C(=O)NCCC(C)C)c2)c1. The molecule has 2 aromatic rings. The van der Waals surface area contributed by atoms with Gasteiger partial charge in [0.15, 0.2) is 0 Å². The molecule has 23 heavy (non-hydrogen) atoms. The van der Waals surface area contributed by atoms with Gasteiger partial charge in [-0.15, -0.1) is 0 Å². The van der Waals surface area contributed by atoms with Crippen LogP contribution in [-0.2, 0) is 6.54 Å². The minimum Gasteiger partial charge on any atom is -0.380 e. The Morgan fingerprint density at radius 1 is 1.22 bits per heavy atom. The van der Waals surface area contributed by atoms with E-state index in [9.17, 15) is 4.79 Å². The lowest BCUT2D eigenvalue weighted by molar-refractivity contribution is 0.0951. The first-order valence-corrected chi connectivity index (χ1v) is 8.07. The lowest BCUT2D eigenvalue weighted by atomic mass is 10.1. The second-order valence-corrected chi connectivity index (χ2v) is 6.24. The number of aromatic nitrogens is 1. The number of hydrogen-bond acceptors (Lipinski definition) is 3. The molecule has 0 saturated carbocycles. The van der Waals surface area contributed by atoms with E-state index >= 15 is 0 Å². The molecule has 0 radical (unpaired) electrons. The summed E-state index contributed by atoms with van der Waals surface area (Å²) in [6.07, 6.45) is 4.31. The number of amides is 1. The van der Waals surface area contributed by atoms with Crippen LogP contribution >= 0.6 is 0 Å². The Labute approximate surface area is 138 Å².